The fourth-order valence-electron chi connectivity index (χ4n) is 2.97. The number of ether oxygens (including phenoxy) is 1. The maximum atomic E-state index is 12.9. The summed E-state index contributed by atoms with van der Waals surface area (Å²) in [6, 6.07) is 16.0. The first-order valence-corrected chi connectivity index (χ1v) is 10.8. The molecule has 31 heavy (non-hydrogen) atoms. The first-order chi connectivity index (χ1) is 14.9. The number of thiophene rings is 1. The molecule has 160 valence electrons. The lowest BCUT2D eigenvalue weighted by Gasteiger charge is -2.07. The minimum atomic E-state index is -0.590. The van der Waals surface area contributed by atoms with Crippen molar-refractivity contribution in [3.63, 3.8) is 0 Å². The zero-order chi connectivity index (χ0) is 22.4. The molecule has 6 nitrogen and oxygen atoms in total. The van der Waals surface area contributed by atoms with Gasteiger partial charge in [0.2, 0.25) is 5.91 Å². The van der Waals surface area contributed by atoms with Crippen molar-refractivity contribution in [1.29, 1.82) is 0 Å². The third-order valence-electron chi connectivity index (χ3n) is 4.38. The number of carbonyl (C=O) groups excluding carboxylic acids is 3. The fourth-order valence-corrected chi connectivity index (χ4v) is 4.27. The van der Waals surface area contributed by atoms with E-state index in [4.69, 9.17) is 16.3 Å². The second kappa shape index (κ2) is 10.2. The number of nitrogens with one attached hydrogen (secondary N) is 2. The Hall–Kier alpha value is -3.16. The highest BCUT2D eigenvalue weighted by molar-refractivity contribution is 7.19. The van der Waals surface area contributed by atoms with Gasteiger partial charge in [-0.1, -0.05) is 48.0 Å². The molecule has 1 aromatic heterocycles. The van der Waals surface area contributed by atoms with Gasteiger partial charge in [-0.05, 0) is 43.2 Å². The molecule has 0 saturated carbocycles. The summed E-state index contributed by atoms with van der Waals surface area (Å²) in [6.45, 7) is 3.53. The van der Waals surface area contributed by atoms with Crippen LogP contribution >= 0.6 is 22.9 Å². The van der Waals surface area contributed by atoms with Crippen LogP contribution in [0.25, 0.3) is 0 Å². The van der Waals surface area contributed by atoms with Crippen molar-refractivity contribution in [2.45, 2.75) is 20.3 Å². The molecule has 0 aliphatic carbocycles. The van der Waals surface area contributed by atoms with Crippen LogP contribution in [0.1, 0.15) is 38.1 Å². The van der Waals surface area contributed by atoms with E-state index < -0.39 is 11.9 Å². The van der Waals surface area contributed by atoms with Crippen LogP contribution in [0, 0.1) is 6.92 Å². The minimum absolute atomic E-state index is 0.143. The van der Waals surface area contributed by atoms with E-state index in [-0.39, 0.29) is 29.5 Å². The molecule has 0 saturated heterocycles. The molecule has 0 aliphatic heterocycles. The van der Waals surface area contributed by atoms with Crippen LogP contribution < -0.4 is 10.6 Å². The van der Waals surface area contributed by atoms with Crippen molar-refractivity contribution in [1.82, 2.24) is 0 Å². The van der Waals surface area contributed by atoms with E-state index >= 15 is 0 Å². The average molecular weight is 457 g/mol. The van der Waals surface area contributed by atoms with Crippen molar-refractivity contribution in [2.75, 3.05) is 17.2 Å². The predicted molar refractivity (Wildman–Crippen MR) is 123 cm³/mol. The lowest BCUT2D eigenvalue weighted by atomic mass is 10.1. The summed E-state index contributed by atoms with van der Waals surface area (Å²) < 4.78 is 5.14. The molecule has 3 rings (SSSR count). The number of benzene rings is 2. The van der Waals surface area contributed by atoms with Gasteiger partial charge in [-0.15, -0.1) is 11.3 Å². The molecular formula is C23H21ClN2O4S. The molecule has 0 bridgehead atoms. The Labute approximate surface area is 189 Å². The highest BCUT2D eigenvalue weighted by Crippen LogP contribution is 2.34. The van der Waals surface area contributed by atoms with Crippen molar-refractivity contribution < 1.29 is 19.1 Å². The first kappa shape index (κ1) is 22.5. The molecule has 8 heteroatoms. The van der Waals surface area contributed by atoms with Gasteiger partial charge < -0.3 is 15.4 Å². The van der Waals surface area contributed by atoms with Gasteiger partial charge in [-0.3, -0.25) is 9.59 Å². The molecule has 2 amide bonds. The highest BCUT2D eigenvalue weighted by atomic mass is 35.5. The van der Waals surface area contributed by atoms with Crippen LogP contribution in [0.3, 0.4) is 0 Å². The number of hydrogen-bond acceptors (Lipinski definition) is 5. The van der Waals surface area contributed by atoms with E-state index in [9.17, 15) is 14.4 Å². The van der Waals surface area contributed by atoms with Gasteiger partial charge in [0.25, 0.3) is 5.91 Å². The summed E-state index contributed by atoms with van der Waals surface area (Å²) in [5.41, 5.74) is 1.99. The van der Waals surface area contributed by atoms with E-state index in [1.807, 2.05) is 30.3 Å². The largest absolute Gasteiger partial charge is 0.462 e. The van der Waals surface area contributed by atoms with Gasteiger partial charge in [-0.2, -0.15) is 0 Å². The van der Waals surface area contributed by atoms with Gasteiger partial charge in [-0.25, -0.2) is 4.79 Å². The monoisotopic (exact) mass is 456 g/mol. The Kier molecular flexibility index (Phi) is 7.44. The second-order valence-electron chi connectivity index (χ2n) is 6.66. The maximum absolute atomic E-state index is 12.9. The number of hydrogen-bond donors (Lipinski definition) is 2. The number of rotatable bonds is 7. The molecule has 0 atom stereocenters. The molecule has 0 aliphatic rings. The Morgan fingerprint density at radius 2 is 1.77 bits per heavy atom. The van der Waals surface area contributed by atoms with Gasteiger partial charge in [0.15, 0.2) is 0 Å². The Morgan fingerprint density at radius 3 is 2.45 bits per heavy atom. The van der Waals surface area contributed by atoms with E-state index in [0.717, 1.165) is 16.9 Å². The fraction of sp³-hybridized carbons (Fsp3) is 0.174. The molecular weight excluding hydrogens is 436 g/mol. The van der Waals surface area contributed by atoms with Gasteiger partial charge in [0.05, 0.1) is 23.5 Å². The number of carbonyl (C=O) groups is 3. The molecule has 2 N–H and O–H groups in total. The SMILES string of the molecule is CCOC(=O)c1c(NC(=O)Cc2ccccc2)sc(C(=O)Nc2cccc(Cl)c2)c1C. The molecule has 3 aromatic rings. The normalized spacial score (nSPS) is 10.4. The first-order valence-electron chi connectivity index (χ1n) is 9.60. The number of halogens is 1. The zero-order valence-corrected chi connectivity index (χ0v) is 18.6. The van der Waals surface area contributed by atoms with Crippen LogP contribution in [0.4, 0.5) is 10.7 Å². The molecule has 0 fully saturated rings. The summed E-state index contributed by atoms with van der Waals surface area (Å²) >= 11 is 7.01. The zero-order valence-electron chi connectivity index (χ0n) is 17.0. The second-order valence-corrected chi connectivity index (χ2v) is 8.11. The number of amides is 2. The molecule has 0 radical (unpaired) electrons. The van der Waals surface area contributed by atoms with Crippen molar-refractivity contribution in [3.8, 4) is 0 Å². The van der Waals surface area contributed by atoms with Crippen LogP contribution in [0.2, 0.25) is 5.02 Å². The number of esters is 1. The summed E-state index contributed by atoms with van der Waals surface area (Å²) in [5.74, 6) is -1.29. The maximum Gasteiger partial charge on any atom is 0.341 e. The summed E-state index contributed by atoms with van der Waals surface area (Å²) in [4.78, 5) is 38.3. The van der Waals surface area contributed by atoms with Crippen LogP contribution in [0.5, 0.6) is 0 Å². The smallest absolute Gasteiger partial charge is 0.341 e. The van der Waals surface area contributed by atoms with E-state index in [1.165, 1.54) is 0 Å². The standard InChI is InChI=1S/C23H21ClN2O4S/c1-3-30-23(29)19-14(2)20(21(28)25-17-11-7-10-16(24)13-17)31-22(19)26-18(27)12-15-8-5-4-6-9-15/h4-11,13H,3,12H2,1-2H3,(H,25,28)(H,26,27). The Morgan fingerprint density at radius 1 is 1.03 bits per heavy atom. The Balaban J connectivity index is 1.87. The van der Waals surface area contributed by atoms with Crippen molar-refractivity contribution in [2.24, 2.45) is 0 Å². The van der Waals surface area contributed by atoms with E-state index in [1.54, 1.807) is 38.1 Å². The van der Waals surface area contributed by atoms with E-state index in [0.29, 0.717) is 21.2 Å². The molecule has 0 spiro atoms. The van der Waals surface area contributed by atoms with Crippen LogP contribution in [0.15, 0.2) is 54.6 Å². The quantitative estimate of drug-likeness (QED) is 0.471. The van der Waals surface area contributed by atoms with Gasteiger partial charge in [0, 0.05) is 10.7 Å². The summed E-state index contributed by atoms with van der Waals surface area (Å²) in [6.07, 6.45) is 0.143. The topological polar surface area (TPSA) is 84.5 Å². The number of anilines is 2. The van der Waals surface area contributed by atoms with Crippen molar-refractivity contribution in [3.05, 3.63) is 81.2 Å². The van der Waals surface area contributed by atoms with Gasteiger partial charge in [0.1, 0.15) is 5.00 Å². The van der Waals surface area contributed by atoms with Crippen LogP contribution in [-0.4, -0.2) is 24.4 Å². The summed E-state index contributed by atoms with van der Waals surface area (Å²) in [5, 5.41) is 6.30. The third-order valence-corrected chi connectivity index (χ3v) is 5.82. The molecule has 2 aromatic carbocycles. The summed E-state index contributed by atoms with van der Waals surface area (Å²) in [7, 11) is 0. The predicted octanol–water partition coefficient (Wildman–Crippen LogP) is 5.32. The Bertz CT molecular complexity index is 1110. The van der Waals surface area contributed by atoms with Crippen LogP contribution in [-0.2, 0) is 16.0 Å². The molecule has 1 heterocycles. The minimum Gasteiger partial charge on any atom is -0.462 e. The van der Waals surface area contributed by atoms with Crippen molar-refractivity contribution >= 4 is 51.4 Å². The molecule has 0 unspecified atom stereocenters. The lowest BCUT2D eigenvalue weighted by Crippen LogP contribution is -2.16. The van der Waals surface area contributed by atoms with E-state index in [2.05, 4.69) is 10.6 Å². The average Bonchev–Trinajstić information content (AvgIpc) is 3.04. The van der Waals surface area contributed by atoms with Gasteiger partial charge >= 0.3 is 5.97 Å². The lowest BCUT2D eigenvalue weighted by molar-refractivity contribution is -0.115. The third kappa shape index (κ3) is 5.71. The highest BCUT2D eigenvalue weighted by Gasteiger charge is 2.26.